The fourth-order valence-electron chi connectivity index (χ4n) is 2.09. The molecule has 0 aliphatic carbocycles. The van der Waals surface area contributed by atoms with E-state index in [1.165, 1.54) is 0 Å². The van der Waals surface area contributed by atoms with Crippen LogP contribution < -0.4 is 0 Å². The van der Waals surface area contributed by atoms with Crippen molar-refractivity contribution in [1.82, 2.24) is 9.78 Å². The molecular weight excluding hydrogens is 240 g/mol. The highest BCUT2D eigenvalue weighted by molar-refractivity contribution is 5.85. The van der Waals surface area contributed by atoms with Crippen LogP contribution in [0.4, 0.5) is 0 Å². The minimum absolute atomic E-state index is 0.818. The van der Waals surface area contributed by atoms with Gasteiger partial charge in [-0.15, -0.1) is 0 Å². The van der Waals surface area contributed by atoms with Crippen molar-refractivity contribution in [1.29, 1.82) is 0 Å². The van der Waals surface area contributed by atoms with Gasteiger partial charge in [-0.2, -0.15) is 5.10 Å². The number of carboxylic acid groups (broad SMARTS) is 1. The van der Waals surface area contributed by atoms with Crippen LogP contribution in [0.1, 0.15) is 22.5 Å². The topological polar surface area (TPSA) is 55.1 Å². The van der Waals surface area contributed by atoms with E-state index in [0.29, 0.717) is 0 Å². The van der Waals surface area contributed by atoms with Crippen LogP contribution >= 0.6 is 0 Å². The quantitative estimate of drug-likeness (QED) is 0.859. The first-order chi connectivity index (χ1) is 9.00. The number of hydrogen-bond donors (Lipinski definition) is 1. The second-order valence-corrected chi connectivity index (χ2v) is 4.45. The monoisotopic (exact) mass is 256 g/mol. The lowest BCUT2D eigenvalue weighted by atomic mass is 10.1. The summed E-state index contributed by atoms with van der Waals surface area (Å²) < 4.78 is 1.85. The molecule has 2 rings (SSSR count). The van der Waals surface area contributed by atoms with Gasteiger partial charge in [-0.05, 0) is 38.5 Å². The molecule has 1 N–H and O–H groups in total. The Hall–Kier alpha value is -2.36. The van der Waals surface area contributed by atoms with Crippen molar-refractivity contribution in [2.75, 3.05) is 0 Å². The Morgan fingerprint density at radius 1 is 1.26 bits per heavy atom. The van der Waals surface area contributed by atoms with Crippen LogP contribution in [0.25, 0.3) is 11.8 Å². The zero-order valence-electron chi connectivity index (χ0n) is 11.2. The molecule has 0 amide bonds. The summed E-state index contributed by atoms with van der Waals surface area (Å²) in [5.74, 6) is -0.956. The lowest BCUT2D eigenvalue weighted by Crippen LogP contribution is -2.01. The Bertz CT molecular complexity index is 654. The van der Waals surface area contributed by atoms with Crippen molar-refractivity contribution in [3.05, 3.63) is 52.9 Å². The van der Waals surface area contributed by atoms with E-state index in [4.69, 9.17) is 5.11 Å². The molecule has 0 saturated heterocycles. The second kappa shape index (κ2) is 5.10. The average molecular weight is 256 g/mol. The van der Waals surface area contributed by atoms with Crippen LogP contribution in [0, 0.1) is 20.8 Å². The lowest BCUT2D eigenvalue weighted by Gasteiger charge is -2.07. The van der Waals surface area contributed by atoms with Gasteiger partial charge in [0.1, 0.15) is 0 Å². The van der Waals surface area contributed by atoms with E-state index < -0.39 is 5.97 Å². The Morgan fingerprint density at radius 3 is 2.58 bits per heavy atom. The van der Waals surface area contributed by atoms with Gasteiger partial charge < -0.3 is 5.11 Å². The van der Waals surface area contributed by atoms with E-state index in [0.717, 1.165) is 34.3 Å². The van der Waals surface area contributed by atoms with E-state index in [1.807, 2.05) is 49.7 Å². The first-order valence-corrected chi connectivity index (χ1v) is 6.04. The maximum Gasteiger partial charge on any atom is 0.328 e. The Morgan fingerprint density at radius 2 is 1.95 bits per heavy atom. The van der Waals surface area contributed by atoms with E-state index in [2.05, 4.69) is 5.10 Å². The molecule has 0 saturated carbocycles. The van der Waals surface area contributed by atoms with Gasteiger partial charge in [-0.1, -0.05) is 18.2 Å². The van der Waals surface area contributed by atoms with Gasteiger partial charge in [0, 0.05) is 17.3 Å². The number of carboxylic acids is 1. The maximum absolute atomic E-state index is 10.6. The summed E-state index contributed by atoms with van der Waals surface area (Å²) >= 11 is 0. The minimum atomic E-state index is -0.956. The number of aliphatic carboxylic acids is 1. The second-order valence-electron chi connectivity index (χ2n) is 4.45. The smallest absolute Gasteiger partial charge is 0.328 e. The largest absolute Gasteiger partial charge is 0.478 e. The Kier molecular flexibility index (Phi) is 3.51. The molecule has 98 valence electrons. The first-order valence-electron chi connectivity index (χ1n) is 6.04. The van der Waals surface area contributed by atoms with Gasteiger partial charge >= 0.3 is 5.97 Å². The normalized spacial score (nSPS) is 11.1. The average Bonchev–Trinajstić information content (AvgIpc) is 2.63. The number of rotatable bonds is 3. The number of para-hydroxylation sites is 1. The molecule has 2 aromatic rings. The summed E-state index contributed by atoms with van der Waals surface area (Å²) in [4.78, 5) is 10.6. The zero-order chi connectivity index (χ0) is 14.0. The van der Waals surface area contributed by atoms with Crippen LogP contribution in [0.5, 0.6) is 0 Å². The predicted molar refractivity (Wildman–Crippen MR) is 74.4 cm³/mol. The SMILES string of the molecule is Cc1ccccc1-n1nc(C)c(/C=C/C(=O)O)c1C. The Balaban J connectivity index is 2.53. The maximum atomic E-state index is 10.6. The number of aromatic nitrogens is 2. The molecule has 1 aromatic heterocycles. The third-order valence-electron chi connectivity index (χ3n) is 3.08. The van der Waals surface area contributed by atoms with E-state index in [1.54, 1.807) is 6.08 Å². The summed E-state index contributed by atoms with van der Waals surface area (Å²) in [6, 6.07) is 7.97. The highest BCUT2D eigenvalue weighted by atomic mass is 16.4. The molecule has 1 heterocycles. The van der Waals surface area contributed by atoms with Crippen LogP contribution in [0.15, 0.2) is 30.3 Å². The fourth-order valence-corrected chi connectivity index (χ4v) is 2.09. The number of carbonyl (C=O) groups is 1. The minimum Gasteiger partial charge on any atom is -0.478 e. The summed E-state index contributed by atoms with van der Waals surface area (Å²) in [6.45, 7) is 5.84. The first kappa shape index (κ1) is 13.1. The summed E-state index contributed by atoms with van der Waals surface area (Å²) in [7, 11) is 0. The number of aryl methyl sites for hydroxylation is 2. The highest BCUT2D eigenvalue weighted by Gasteiger charge is 2.11. The van der Waals surface area contributed by atoms with Crippen molar-refractivity contribution in [3.8, 4) is 5.69 Å². The van der Waals surface area contributed by atoms with Gasteiger partial charge in [0.05, 0.1) is 11.4 Å². The molecular formula is C15H16N2O2. The van der Waals surface area contributed by atoms with Gasteiger partial charge in [0.2, 0.25) is 0 Å². The number of nitrogens with zero attached hydrogens (tertiary/aromatic N) is 2. The van der Waals surface area contributed by atoms with E-state index in [-0.39, 0.29) is 0 Å². The van der Waals surface area contributed by atoms with E-state index >= 15 is 0 Å². The van der Waals surface area contributed by atoms with E-state index in [9.17, 15) is 4.79 Å². The predicted octanol–water partition coefficient (Wildman–Crippen LogP) is 2.90. The molecule has 0 aliphatic rings. The molecule has 19 heavy (non-hydrogen) atoms. The third-order valence-corrected chi connectivity index (χ3v) is 3.08. The summed E-state index contributed by atoms with van der Waals surface area (Å²) in [5, 5.41) is 13.2. The van der Waals surface area contributed by atoms with Gasteiger partial charge in [-0.25, -0.2) is 9.48 Å². The molecule has 4 heteroatoms. The molecule has 0 radical (unpaired) electrons. The molecule has 0 bridgehead atoms. The van der Waals surface area contributed by atoms with Crippen LogP contribution in [-0.4, -0.2) is 20.9 Å². The molecule has 0 atom stereocenters. The number of hydrogen-bond acceptors (Lipinski definition) is 2. The van der Waals surface area contributed by atoms with Crippen molar-refractivity contribution in [2.45, 2.75) is 20.8 Å². The van der Waals surface area contributed by atoms with Crippen molar-refractivity contribution in [3.63, 3.8) is 0 Å². The van der Waals surface area contributed by atoms with Crippen LogP contribution in [0.2, 0.25) is 0 Å². The van der Waals surface area contributed by atoms with Gasteiger partial charge in [-0.3, -0.25) is 0 Å². The van der Waals surface area contributed by atoms with Gasteiger partial charge in [0.25, 0.3) is 0 Å². The van der Waals surface area contributed by atoms with Crippen LogP contribution in [0.3, 0.4) is 0 Å². The van der Waals surface area contributed by atoms with Crippen molar-refractivity contribution in [2.24, 2.45) is 0 Å². The van der Waals surface area contributed by atoms with Crippen LogP contribution in [-0.2, 0) is 4.79 Å². The highest BCUT2D eigenvalue weighted by Crippen LogP contribution is 2.21. The van der Waals surface area contributed by atoms with Gasteiger partial charge in [0.15, 0.2) is 0 Å². The number of benzene rings is 1. The summed E-state index contributed by atoms with van der Waals surface area (Å²) in [6.07, 6.45) is 2.73. The molecule has 4 nitrogen and oxygen atoms in total. The fraction of sp³-hybridized carbons (Fsp3) is 0.200. The lowest BCUT2D eigenvalue weighted by molar-refractivity contribution is -0.131. The third kappa shape index (κ3) is 2.57. The van der Waals surface area contributed by atoms with Crippen molar-refractivity contribution >= 4 is 12.0 Å². The molecule has 0 spiro atoms. The summed E-state index contributed by atoms with van der Waals surface area (Å²) in [5.41, 5.74) is 4.74. The molecule has 0 aliphatic heterocycles. The Labute approximate surface area is 112 Å². The standard InChI is InChI=1S/C15H16N2O2/c1-10-6-4-5-7-14(10)17-12(3)13(11(2)16-17)8-9-15(18)19/h4-9H,1-3H3,(H,18,19)/b9-8+. The zero-order valence-corrected chi connectivity index (χ0v) is 11.2. The molecule has 0 unspecified atom stereocenters. The molecule has 0 fully saturated rings. The molecule has 1 aromatic carbocycles. The van der Waals surface area contributed by atoms with Crippen molar-refractivity contribution < 1.29 is 9.90 Å².